The minimum absolute atomic E-state index is 0.324. The Bertz CT molecular complexity index is 483. The molecule has 0 saturated carbocycles. The third kappa shape index (κ3) is 4.22. The van der Waals surface area contributed by atoms with E-state index in [9.17, 15) is 9.59 Å². The molecular formula is C13H14ClNO3. The number of ether oxygens (including phenoxy) is 1. The lowest BCUT2D eigenvalue weighted by Crippen LogP contribution is -2.20. The zero-order valence-electron chi connectivity index (χ0n) is 10.2. The molecule has 1 N–H and O–H groups in total. The van der Waals surface area contributed by atoms with Gasteiger partial charge in [0.1, 0.15) is 0 Å². The summed E-state index contributed by atoms with van der Waals surface area (Å²) in [4.78, 5) is 22.5. The SMILES string of the molecule is C/C=C/C(=O)OCC(=O)Nc1cccc(Cl)c1C. The molecule has 4 nitrogen and oxygen atoms in total. The topological polar surface area (TPSA) is 55.4 Å². The lowest BCUT2D eigenvalue weighted by molar-refractivity contribution is -0.142. The van der Waals surface area contributed by atoms with Crippen LogP contribution in [0, 0.1) is 6.92 Å². The maximum Gasteiger partial charge on any atom is 0.330 e. The van der Waals surface area contributed by atoms with Crippen LogP contribution < -0.4 is 5.32 Å². The van der Waals surface area contributed by atoms with E-state index in [0.29, 0.717) is 10.7 Å². The molecule has 0 radical (unpaired) electrons. The standard InChI is InChI=1S/C13H14ClNO3/c1-3-5-13(17)18-8-12(16)15-11-7-4-6-10(14)9(11)2/h3-7H,8H2,1-2H3,(H,15,16)/b5-3+. The van der Waals surface area contributed by atoms with Gasteiger partial charge in [-0.1, -0.05) is 23.7 Å². The lowest BCUT2D eigenvalue weighted by Gasteiger charge is -2.09. The van der Waals surface area contributed by atoms with Crippen LogP contribution >= 0.6 is 11.6 Å². The van der Waals surface area contributed by atoms with Crippen molar-refractivity contribution in [2.45, 2.75) is 13.8 Å². The van der Waals surface area contributed by atoms with E-state index in [1.54, 1.807) is 38.1 Å². The molecule has 0 aliphatic carbocycles. The highest BCUT2D eigenvalue weighted by atomic mass is 35.5. The first kappa shape index (κ1) is 14.3. The second-order valence-corrected chi connectivity index (χ2v) is 3.98. The van der Waals surface area contributed by atoms with E-state index in [1.807, 2.05) is 0 Å². The van der Waals surface area contributed by atoms with Crippen LogP contribution in [0.2, 0.25) is 5.02 Å². The number of hydrogen-bond donors (Lipinski definition) is 1. The molecule has 0 spiro atoms. The molecule has 0 aliphatic rings. The third-order valence-electron chi connectivity index (χ3n) is 2.19. The Morgan fingerprint density at radius 2 is 2.17 bits per heavy atom. The molecule has 0 unspecified atom stereocenters. The maximum atomic E-state index is 11.5. The molecule has 0 bridgehead atoms. The summed E-state index contributed by atoms with van der Waals surface area (Å²) in [7, 11) is 0. The van der Waals surface area contributed by atoms with E-state index >= 15 is 0 Å². The summed E-state index contributed by atoms with van der Waals surface area (Å²) in [5.74, 6) is -0.950. The molecule has 0 aliphatic heterocycles. The molecule has 18 heavy (non-hydrogen) atoms. The van der Waals surface area contributed by atoms with Gasteiger partial charge >= 0.3 is 5.97 Å². The number of benzene rings is 1. The Morgan fingerprint density at radius 1 is 1.44 bits per heavy atom. The fraction of sp³-hybridized carbons (Fsp3) is 0.231. The molecule has 5 heteroatoms. The number of carbonyl (C=O) groups excluding carboxylic acids is 2. The molecule has 0 fully saturated rings. The Hall–Kier alpha value is -1.81. The highest BCUT2D eigenvalue weighted by molar-refractivity contribution is 6.31. The minimum Gasteiger partial charge on any atom is -0.452 e. The van der Waals surface area contributed by atoms with Crippen molar-refractivity contribution in [2.24, 2.45) is 0 Å². The van der Waals surface area contributed by atoms with Gasteiger partial charge in [0.25, 0.3) is 5.91 Å². The summed E-state index contributed by atoms with van der Waals surface area (Å²) in [5, 5.41) is 3.19. The quantitative estimate of drug-likeness (QED) is 0.674. The fourth-order valence-electron chi connectivity index (χ4n) is 1.25. The zero-order valence-corrected chi connectivity index (χ0v) is 11.0. The molecule has 1 amide bonds. The van der Waals surface area contributed by atoms with Crippen LogP contribution in [0.15, 0.2) is 30.4 Å². The summed E-state index contributed by atoms with van der Waals surface area (Å²) in [6, 6.07) is 5.20. The first-order valence-electron chi connectivity index (χ1n) is 5.39. The van der Waals surface area contributed by atoms with Crippen molar-refractivity contribution in [1.82, 2.24) is 0 Å². The van der Waals surface area contributed by atoms with Gasteiger partial charge in [0.05, 0.1) is 0 Å². The van der Waals surface area contributed by atoms with Crippen molar-refractivity contribution in [3.63, 3.8) is 0 Å². The predicted octanol–water partition coefficient (Wildman–Crippen LogP) is 2.71. The number of halogens is 1. The van der Waals surface area contributed by atoms with Gasteiger partial charge in [0, 0.05) is 16.8 Å². The number of anilines is 1. The molecule has 96 valence electrons. The number of rotatable bonds is 4. The molecule has 0 aromatic heterocycles. The van der Waals surface area contributed by atoms with Gasteiger partial charge in [-0.2, -0.15) is 0 Å². The Balaban J connectivity index is 2.55. The Kier molecular flexibility index (Phi) is 5.39. The summed E-state index contributed by atoms with van der Waals surface area (Å²) in [6.07, 6.45) is 2.79. The number of amides is 1. The summed E-state index contributed by atoms with van der Waals surface area (Å²) < 4.78 is 4.72. The van der Waals surface area contributed by atoms with E-state index in [2.05, 4.69) is 5.32 Å². The van der Waals surface area contributed by atoms with Gasteiger partial charge in [-0.15, -0.1) is 0 Å². The van der Waals surface area contributed by atoms with Crippen LogP contribution in [0.5, 0.6) is 0 Å². The fourth-order valence-corrected chi connectivity index (χ4v) is 1.42. The molecule has 1 aromatic rings. The average Bonchev–Trinajstić information content (AvgIpc) is 2.33. The summed E-state index contributed by atoms with van der Waals surface area (Å²) in [6.45, 7) is 3.16. The van der Waals surface area contributed by atoms with E-state index in [1.165, 1.54) is 6.08 Å². The van der Waals surface area contributed by atoms with Crippen LogP contribution in [0.25, 0.3) is 0 Å². The normalized spacial score (nSPS) is 10.4. The van der Waals surface area contributed by atoms with Crippen LogP contribution in [0.3, 0.4) is 0 Å². The van der Waals surface area contributed by atoms with E-state index < -0.39 is 11.9 Å². The van der Waals surface area contributed by atoms with Crippen molar-refractivity contribution < 1.29 is 14.3 Å². The van der Waals surface area contributed by atoms with Crippen LogP contribution in [0.1, 0.15) is 12.5 Å². The second-order valence-electron chi connectivity index (χ2n) is 3.57. The van der Waals surface area contributed by atoms with Crippen LogP contribution in [-0.4, -0.2) is 18.5 Å². The molecular weight excluding hydrogens is 254 g/mol. The van der Waals surface area contributed by atoms with Crippen molar-refractivity contribution in [3.8, 4) is 0 Å². The van der Waals surface area contributed by atoms with Crippen molar-refractivity contribution in [1.29, 1.82) is 0 Å². The predicted molar refractivity (Wildman–Crippen MR) is 70.6 cm³/mol. The first-order chi connectivity index (χ1) is 8.54. The highest BCUT2D eigenvalue weighted by Gasteiger charge is 2.08. The third-order valence-corrected chi connectivity index (χ3v) is 2.60. The summed E-state index contributed by atoms with van der Waals surface area (Å²) >= 11 is 5.92. The number of carbonyl (C=O) groups is 2. The van der Waals surface area contributed by atoms with Crippen LogP contribution in [0.4, 0.5) is 5.69 Å². The van der Waals surface area contributed by atoms with E-state index in [4.69, 9.17) is 16.3 Å². The van der Waals surface area contributed by atoms with Gasteiger partial charge in [0.2, 0.25) is 0 Å². The molecule has 0 saturated heterocycles. The number of esters is 1. The molecule has 0 heterocycles. The van der Waals surface area contributed by atoms with Gasteiger partial charge in [-0.05, 0) is 31.5 Å². The molecule has 1 rings (SSSR count). The monoisotopic (exact) mass is 267 g/mol. The zero-order chi connectivity index (χ0) is 13.5. The largest absolute Gasteiger partial charge is 0.452 e. The number of hydrogen-bond acceptors (Lipinski definition) is 3. The smallest absolute Gasteiger partial charge is 0.330 e. The summed E-state index contributed by atoms with van der Waals surface area (Å²) in [5.41, 5.74) is 1.38. The van der Waals surface area contributed by atoms with Crippen molar-refractivity contribution >= 4 is 29.2 Å². The molecule has 0 atom stereocenters. The Morgan fingerprint density at radius 3 is 2.83 bits per heavy atom. The van der Waals surface area contributed by atoms with E-state index in [0.717, 1.165) is 5.56 Å². The van der Waals surface area contributed by atoms with Gasteiger partial charge in [0.15, 0.2) is 6.61 Å². The van der Waals surface area contributed by atoms with Gasteiger partial charge in [-0.3, -0.25) is 4.79 Å². The van der Waals surface area contributed by atoms with Crippen molar-refractivity contribution in [2.75, 3.05) is 11.9 Å². The van der Waals surface area contributed by atoms with Crippen LogP contribution in [-0.2, 0) is 14.3 Å². The second kappa shape index (κ2) is 6.81. The average molecular weight is 268 g/mol. The maximum absolute atomic E-state index is 11.5. The first-order valence-corrected chi connectivity index (χ1v) is 5.76. The highest BCUT2D eigenvalue weighted by Crippen LogP contribution is 2.22. The van der Waals surface area contributed by atoms with Gasteiger partial charge in [-0.25, -0.2) is 4.79 Å². The number of nitrogens with one attached hydrogen (secondary N) is 1. The minimum atomic E-state index is -0.546. The van der Waals surface area contributed by atoms with Crippen molar-refractivity contribution in [3.05, 3.63) is 40.9 Å². The number of allylic oxidation sites excluding steroid dienone is 1. The Labute approximate surface area is 111 Å². The van der Waals surface area contributed by atoms with Gasteiger partial charge < -0.3 is 10.1 Å². The van der Waals surface area contributed by atoms with E-state index in [-0.39, 0.29) is 6.61 Å². The molecule has 1 aromatic carbocycles. The lowest BCUT2D eigenvalue weighted by atomic mass is 10.2.